The summed E-state index contributed by atoms with van der Waals surface area (Å²) in [5, 5.41) is 3.48. The van der Waals surface area contributed by atoms with Crippen LogP contribution in [0.1, 0.15) is 31.2 Å². The van der Waals surface area contributed by atoms with Crippen molar-refractivity contribution in [1.82, 2.24) is 5.32 Å². The standard InChI is InChI=1S/C16H23NO2/c1-18-15-7-4-12(9-13-3-2-8-17-11-13)10-16(15)19-14-5-6-14/h4,7,10,13-14,17H,2-3,5-6,8-9,11H2,1H3. The van der Waals surface area contributed by atoms with Gasteiger partial charge in [-0.05, 0) is 68.8 Å². The highest BCUT2D eigenvalue weighted by molar-refractivity contribution is 5.43. The topological polar surface area (TPSA) is 30.5 Å². The molecule has 1 heterocycles. The van der Waals surface area contributed by atoms with Crippen LogP contribution >= 0.6 is 0 Å². The number of benzene rings is 1. The Kier molecular flexibility index (Phi) is 3.92. The molecule has 3 rings (SSSR count). The smallest absolute Gasteiger partial charge is 0.161 e. The molecule has 1 aliphatic heterocycles. The molecule has 0 spiro atoms. The molecule has 1 aromatic carbocycles. The van der Waals surface area contributed by atoms with Gasteiger partial charge >= 0.3 is 0 Å². The normalized spacial score (nSPS) is 23.1. The molecule has 1 aliphatic carbocycles. The summed E-state index contributed by atoms with van der Waals surface area (Å²) in [6, 6.07) is 6.39. The first-order valence-electron chi connectivity index (χ1n) is 7.39. The zero-order valence-electron chi connectivity index (χ0n) is 11.7. The van der Waals surface area contributed by atoms with Gasteiger partial charge in [0.05, 0.1) is 13.2 Å². The second-order valence-electron chi connectivity index (χ2n) is 5.72. The number of methoxy groups -OCH3 is 1. The fourth-order valence-electron chi connectivity index (χ4n) is 2.74. The van der Waals surface area contributed by atoms with Crippen molar-refractivity contribution < 1.29 is 9.47 Å². The van der Waals surface area contributed by atoms with Crippen molar-refractivity contribution in [1.29, 1.82) is 0 Å². The molecule has 0 bridgehead atoms. The molecule has 19 heavy (non-hydrogen) atoms. The van der Waals surface area contributed by atoms with E-state index in [9.17, 15) is 0 Å². The largest absolute Gasteiger partial charge is 0.493 e. The molecule has 1 saturated heterocycles. The fourth-order valence-corrected chi connectivity index (χ4v) is 2.74. The van der Waals surface area contributed by atoms with Crippen LogP contribution in [-0.2, 0) is 6.42 Å². The number of nitrogens with one attached hydrogen (secondary N) is 1. The minimum absolute atomic E-state index is 0.417. The molecule has 2 fully saturated rings. The van der Waals surface area contributed by atoms with Gasteiger partial charge in [-0.3, -0.25) is 0 Å². The Labute approximate surface area is 115 Å². The van der Waals surface area contributed by atoms with Crippen LogP contribution in [0.25, 0.3) is 0 Å². The SMILES string of the molecule is COc1ccc(CC2CCCNC2)cc1OC1CC1. The molecular formula is C16H23NO2. The third-order valence-corrected chi connectivity index (χ3v) is 3.97. The fraction of sp³-hybridized carbons (Fsp3) is 0.625. The van der Waals surface area contributed by atoms with E-state index in [0.29, 0.717) is 6.10 Å². The Bertz CT molecular complexity index is 423. The third-order valence-electron chi connectivity index (χ3n) is 3.97. The van der Waals surface area contributed by atoms with Crippen LogP contribution in [0.2, 0.25) is 0 Å². The molecule has 3 nitrogen and oxygen atoms in total. The number of rotatable bonds is 5. The predicted octanol–water partition coefficient (Wildman–Crippen LogP) is 2.78. The van der Waals surface area contributed by atoms with E-state index in [1.54, 1.807) is 7.11 Å². The maximum absolute atomic E-state index is 5.94. The van der Waals surface area contributed by atoms with Gasteiger partial charge in [0, 0.05) is 0 Å². The summed E-state index contributed by atoms with van der Waals surface area (Å²) in [4.78, 5) is 0. The first-order valence-corrected chi connectivity index (χ1v) is 7.39. The first kappa shape index (κ1) is 12.8. The predicted molar refractivity (Wildman–Crippen MR) is 75.9 cm³/mol. The number of hydrogen-bond acceptors (Lipinski definition) is 3. The second kappa shape index (κ2) is 5.83. The molecule has 3 heteroatoms. The van der Waals surface area contributed by atoms with E-state index < -0.39 is 0 Å². The molecule has 2 aliphatic rings. The maximum Gasteiger partial charge on any atom is 0.161 e. The monoisotopic (exact) mass is 261 g/mol. The van der Waals surface area contributed by atoms with E-state index in [4.69, 9.17) is 9.47 Å². The van der Waals surface area contributed by atoms with E-state index in [2.05, 4.69) is 17.4 Å². The van der Waals surface area contributed by atoms with Crippen molar-refractivity contribution in [2.24, 2.45) is 5.92 Å². The Morgan fingerprint density at radius 2 is 2.11 bits per heavy atom. The van der Waals surface area contributed by atoms with Crippen molar-refractivity contribution in [3.05, 3.63) is 23.8 Å². The number of hydrogen-bond donors (Lipinski definition) is 1. The zero-order chi connectivity index (χ0) is 13.1. The van der Waals surface area contributed by atoms with Crippen LogP contribution in [0.3, 0.4) is 0 Å². The van der Waals surface area contributed by atoms with Crippen LogP contribution in [0.15, 0.2) is 18.2 Å². The second-order valence-corrected chi connectivity index (χ2v) is 5.72. The highest BCUT2D eigenvalue weighted by Crippen LogP contribution is 2.34. The van der Waals surface area contributed by atoms with Gasteiger partial charge < -0.3 is 14.8 Å². The van der Waals surface area contributed by atoms with E-state index in [1.165, 1.54) is 37.8 Å². The molecule has 104 valence electrons. The first-order chi connectivity index (χ1) is 9.35. The number of piperidine rings is 1. The summed E-state index contributed by atoms with van der Waals surface area (Å²) in [6.07, 6.45) is 6.54. The van der Waals surface area contributed by atoms with Gasteiger partial charge in [-0.2, -0.15) is 0 Å². The molecule has 1 N–H and O–H groups in total. The van der Waals surface area contributed by atoms with Gasteiger partial charge in [-0.25, -0.2) is 0 Å². The van der Waals surface area contributed by atoms with Crippen LogP contribution in [0, 0.1) is 5.92 Å². The van der Waals surface area contributed by atoms with Crippen LogP contribution in [0.5, 0.6) is 11.5 Å². The molecular weight excluding hydrogens is 238 g/mol. The van der Waals surface area contributed by atoms with Crippen molar-refractivity contribution in [2.45, 2.75) is 38.2 Å². The summed E-state index contributed by atoms with van der Waals surface area (Å²) in [5.74, 6) is 2.54. The van der Waals surface area contributed by atoms with Crippen molar-refractivity contribution in [2.75, 3.05) is 20.2 Å². The molecule has 0 aromatic heterocycles. The van der Waals surface area contributed by atoms with Crippen molar-refractivity contribution >= 4 is 0 Å². The van der Waals surface area contributed by atoms with Gasteiger partial charge in [0.2, 0.25) is 0 Å². The van der Waals surface area contributed by atoms with Crippen LogP contribution in [0.4, 0.5) is 0 Å². The lowest BCUT2D eigenvalue weighted by atomic mass is 9.92. The van der Waals surface area contributed by atoms with Crippen LogP contribution < -0.4 is 14.8 Å². The summed E-state index contributed by atoms with van der Waals surface area (Å²) >= 11 is 0. The molecule has 1 atom stereocenters. The summed E-state index contributed by atoms with van der Waals surface area (Å²) in [7, 11) is 1.71. The lowest BCUT2D eigenvalue weighted by molar-refractivity contribution is 0.281. The maximum atomic E-state index is 5.94. The Hall–Kier alpha value is -1.22. The molecule has 1 unspecified atom stereocenters. The molecule has 0 amide bonds. The highest BCUT2D eigenvalue weighted by Gasteiger charge is 2.25. The number of ether oxygens (including phenoxy) is 2. The highest BCUT2D eigenvalue weighted by atomic mass is 16.5. The van der Waals surface area contributed by atoms with Gasteiger partial charge in [0.1, 0.15) is 0 Å². The van der Waals surface area contributed by atoms with Crippen LogP contribution in [-0.4, -0.2) is 26.3 Å². The Morgan fingerprint density at radius 1 is 1.21 bits per heavy atom. The minimum Gasteiger partial charge on any atom is -0.493 e. The van der Waals surface area contributed by atoms with E-state index >= 15 is 0 Å². The van der Waals surface area contributed by atoms with E-state index in [-0.39, 0.29) is 0 Å². The summed E-state index contributed by atoms with van der Waals surface area (Å²) in [6.45, 7) is 2.32. The Balaban J connectivity index is 1.69. The summed E-state index contributed by atoms with van der Waals surface area (Å²) in [5.41, 5.74) is 1.37. The van der Waals surface area contributed by atoms with Gasteiger partial charge in [-0.1, -0.05) is 6.07 Å². The quantitative estimate of drug-likeness (QED) is 0.884. The minimum atomic E-state index is 0.417. The van der Waals surface area contributed by atoms with E-state index in [1.807, 2.05) is 6.07 Å². The average molecular weight is 261 g/mol. The van der Waals surface area contributed by atoms with E-state index in [0.717, 1.165) is 30.4 Å². The van der Waals surface area contributed by atoms with Gasteiger partial charge in [0.15, 0.2) is 11.5 Å². The van der Waals surface area contributed by atoms with Gasteiger partial charge in [0.25, 0.3) is 0 Å². The van der Waals surface area contributed by atoms with Gasteiger partial charge in [-0.15, -0.1) is 0 Å². The molecule has 0 radical (unpaired) electrons. The summed E-state index contributed by atoms with van der Waals surface area (Å²) < 4.78 is 11.3. The Morgan fingerprint density at radius 3 is 2.79 bits per heavy atom. The average Bonchev–Trinajstić information content (AvgIpc) is 3.24. The van der Waals surface area contributed by atoms with Crippen molar-refractivity contribution in [3.63, 3.8) is 0 Å². The lowest BCUT2D eigenvalue weighted by Crippen LogP contribution is -2.30. The molecule has 1 saturated carbocycles. The third kappa shape index (κ3) is 3.41. The zero-order valence-corrected chi connectivity index (χ0v) is 11.7. The molecule has 1 aromatic rings. The lowest BCUT2D eigenvalue weighted by Gasteiger charge is -2.23. The van der Waals surface area contributed by atoms with Crippen molar-refractivity contribution in [3.8, 4) is 11.5 Å².